The number of nitrogens with zero attached hydrogens (tertiary/aromatic N) is 1. The van der Waals surface area contributed by atoms with Crippen molar-refractivity contribution in [2.75, 3.05) is 0 Å². The molecule has 2 nitrogen and oxygen atoms in total. The van der Waals surface area contributed by atoms with Crippen LogP contribution in [0.3, 0.4) is 0 Å². The summed E-state index contributed by atoms with van der Waals surface area (Å²) in [5.74, 6) is 5.96. The van der Waals surface area contributed by atoms with E-state index in [-0.39, 0.29) is 0 Å². The molecule has 0 spiro atoms. The van der Waals surface area contributed by atoms with Gasteiger partial charge in [0.25, 0.3) is 0 Å². The van der Waals surface area contributed by atoms with Gasteiger partial charge in [0.05, 0.1) is 11.6 Å². The third kappa shape index (κ3) is 1.49. The molecule has 0 amide bonds. The van der Waals surface area contributed by atoms with E-state index in [0.29, 0.717) is 11.8 Å². The summed E-state index contributed by atoms with van der Waals surface area (Å²) in [7, 11) is 0. The van der Waals surface area contributed by atoms with E-state index in [1.807, 2.05) is 0 Å². The van der Waals surface area contributed by atoms with Crippen LogP contribution in [0.5, 0.6) is 0 Å². The second-order valence-corrected chi connectivity index (χ2v) is 6.52. The van der Waals surface area contributed by atoms with Crippen molar-refractivity contribution in [1.29, 1.82) is 0 Å². The average molecular weight is 252 g/mol. The van der Waals surface area contributed by atoms with E-state index in [1.165, 1.54) is 32.1 Å². The molecular weight excluding hydrogens is 234 g/mol. The van der Waals surface area contributed by atoms with Crippen LogP contribution in [0.4, 0.5) is 0 Å². The van der Waals surface area contributed by atoms with Crippen LogP contribution in [-0.4, -0.2) is 4.98 Å². The highest BCUT2D eigenvalue weighted by molar-refractivity contribution is 6.16. The van der Waals surface area contributed by atoms with E-state index >= 15 is 0 Å². The Balaban J connectivity index is 1.70. The summed E-state index contributed by atoms with van der Waals surface area (Å²) in [5.41, 5.74) is 0.990. The molecule has 5 rings (SSSR count). The Morgan fingerprint density at radius 1 is 1.12 bits per heavy atom. The number of halogens is 1. The van der Waals surface area contributed by atoms with Crippen molar-refractivity contribution >= 4 is 11.6 Å². The molecule has 1 heterocycles. The molecule has 0 atom stereocenters. The predicted octanol–water partition coefficient (Wildman–Crippen LogP) is 3.95. The van der Waals surface area contributed by atoms with Gasteiger partial charge < -0.3 is 4.42 Å². The van der Waals surface area contributed by atoms with Crippen LogP contribution in [0.1, 0.15) is 49.5 Å². The molecule has 1 aromatic heterocycles. The number of alkyl halides is 1. The molecule has 0 radical (unpaired) electrons. The zero-order valence-electron chi connectivity index (χ0n) is 9.94. The summed E-state index contributed by atoms with van der Waals surface area (Å²) in [6.45, 7) is 0. The first-order valence-corrected chi connectivity index (χ1v) is 7.36. The monoisotopic (exact) mass is 251 g/mol. The summed E-state index contributed by atoms with van der Waals surface area (Å²) in [6.07, 6.45) is 8.75. The summed E-state index contributed by atoms with van der Waals surface area (Å²) >= 11 is 5.96. The molecule has 0 saturated heterocycles. The quantitative estimate of drug-likeness (QED) is 0.744. The van der Waals surface area contributed by atoms with Crippen LogP contribution in [0, 0.1) is 23.7 Å². The van der Waals surface area contributed by atoms with Crippen molar-refractivity contribution < 1.29 is 4.42 Å². The number of hydrogen-bond donors (Lipinski definition) is 0. The maximum Gasteiger partial charge on any atom is 0.181 e. The van der Waals surface area contributed by atoms with Crippen LogP contribution >= 0.6 is 11.6 Å². The van der Waals surface area contributed by atoms with E-state index in [1.54, 1.807) is 6.39 Å². The summed E-state index contributed by atoms with van der Waals surface area (Å²) in [5, 5.41) is 0. The van der Waals surface area contributed by atoms with Crippen molar-refractivity contribution in [3.63, 3.8) is 0 Å². The molecule has 0 unspecified atom stereocenters. The van der Waals surface area contributed by atoms with Crippen molar-refractivity contribution in [1.82, 2.24) is 4.98 Å². The Morgan fingerprint density at radius 2 is 1.76 bits per heavy atom. The zero-order valence-corrected chi connectivity index (χ0v) is 10.7. The maximum absolute atomic E-state index is 5.96. The summed E-state index contributed by atoms with van der Waals surface area (Å²) in [6, 6.07) is 0. The second kappa shape index (κ2) is 3.74. The largest absolute Gasteiger partial charge is 0.448 e. The summed E-state index contributed by atoms with van der Waals surface area (Å²) < 4.78 is 5.69. The highest BCUT2D eigenvalue weighted by atomic mass is 35.5. The molecule has 4 aliphatic rings. The Labute approximate surface area is 107 Å². The topological polar surface area (TPSA) is 26.0 Å². The number of hydrogen-bond acceptors (Lipinski definition) is 2. The molecule has 92 valence electrons. The van der Waals surface area contributed by atoms with Gasteiger partial charge in [0, 0.05) is 5.92 Å². The van der Waals surface area contributed by atoms with Gasteiger partial charge in [-0.1, -0.05) is 0 Å². The molecular formula is C14H18ClNO. The molecule has 4 fully saturated rings. The molecule has 3 heteroatoms. The number of aromatic nitrogens is 1. The molecule has 0 aromatic carbocycles. The van der Waals surface area contributed by atoms with Crippen LogP contribution in [0.25, 0.3) is 0 Å². The smallest absolute Gasteiger partial charge is 0.181 e. The Kier molecular flexibility index (Phi) is 2.30. The van der Waals surface area contributed by atoms with Gasteiger partial charge in [0.15, 0.2) is 6.39 Å². The lowest BCUT2D eigenvalue weighted by Gasteiger charge is -2.53. The maximum atomic E-state index is 5.96. The number of oxazole rings is 1. The minimum atomic E-state index is 0.495. The van der Waals surface area contributed by atoms with Crippen molar-refractivity contribution in [3.8, 4) is 0 Å². The highest BCUT2D eigenvalue weighted by Crippen LogP contribution is 2.60. The third-order valence-corrected chi connectivity index (χ3v) is 5.58. The van der Waals surface area contributed by atoms with Crippen LogP contribution < -0.4 is 0 Å². The molecule has 1 aromatic rings. The molecule has 0 N–H and O–H groups in total. The van der Waals surface area contributed by atoms with Gasteiger partial charge in [-0.2, -0.15) is 0 Å². The van der Waals surface area contributed by atoms with E-state index in [9.17, 15) is 0 Å². The minimum absolute atomic E-state index is 0.495. The van der Waals surface area contributed by atoms with E-state index < -0.39 is 0 Å². The average Bonchev–Trinajstić information content (AvgIpc) is 2.75. The fourth-order valence-electron chi connectivity index (χ4n) is 5.00. The summed E-state index contributed by atoms with van der Waals surface area (Å²) in [4.78, 5) is 4.27. The lowest BCUT2D eigenvalue weighted by atomic mass is 9.51. The van der Waals surface area contributed by atoms with Crippen LogP contribution in [0.2, 0.25) is 0 Å². The fourth-order valence-corrected chi connectivity index (χ4v) is 5.20. The molecule has 4 aliphatic carbocycles. The van der Waals surface area contributed by atoms with E-state index in [0.717, 1.165) is 35.1 Å². The molecule has 17 heavy (non-hydrogen) atoms. The third-order valence-electron chi connectivity index (χ3n) is 5.33. The first-order valence-electron chi connectivity index (χ1n) is 6.83. The van der Waals surface area contributed by atoms with Gasteiger partial charge in [-0.25, -0.2) is 4.98 Å². The van der Waals surface area contributed by atoms with E-state index in [4.69, 9.17) is 16.0 Å². The van der Waals surface area contributed by atoms with Gasteiger partial charge in [0.1, 0.15) is 5.76 Å². The zero-order chi connectivity index (χ0) is 11.4. The van der Waals surface area contributed by atoms with E-state index in [2.05, 4.69) is 4.98 Å². The highest BCUT2D eigenvalue weighted by Gasteiger charge is 2.50. The fraction of sp³-hybridized carbons (Fsp3) is 0.786. The van der Waals surface area contributed by atoms with Gasteiger partial charge in [-0.05, 0) is 55.8 Å². The molecule has 0 aliphatic heterocycles. The Bertz CT molecular complexity index is 400. The van der Waals surface area contributed by atoms with Gasteiger partial charge in [-0.15, -0.1) is 11.6 Å². The van der Waals surface area contributed by atoms with Crippen molar-refractivity contribution in [2.45, 2.75) is 43.9 Å². The minimum Gasteiger partial charge on any atom is -0.448 e. The van der Waals surface area contributed by atoms with Crippen molar-refractivity contribution in [3.05, 3.63) is 17.8 Å². The number of rotatable bonds is 2. The standard InChI is InChI=1S/C14H18ClNO/c15-6-12-14(17-7-16-12)13-10-2-8-1-9(4-10)5-11(13)3-8/h7-11,13H,1-6H2. The second-order valence-electron chi connectivity index (χ2n) is 6.25. The van der Waals surface area contributed by atoms with Gasteiger partial charge in [0.2, 0.25) is 0 Å². The van der Waals surface area contributed by atoms with Gasteiger partial charge in [-0.3, -0.25) is 0 Å². The van der Waals surface area contributed by atoms with Crippen molar-refractivity contribution in [2.24, 2.45) is 23.7 Å². The molecule has 4 bridgehead atoms. The lowest BCUT2D eigenvalue weighted by molar-refractivity contribution is -0.00991. The van der Waals surface area contributed by atoms with Crippen LogP contribution in [0.15, 0.2) is 10.8 Å². The normalized spacial score (nSPS) is 43.2. The predicted molar refractivity (Wildman–Crippen MR) is 65.8 cm³/mol. The Hall–Kier alpha value is -0.500. The van der Waals surface area contributed by atoms with Gasteiger partial charge >= 0.3 is 0 Å². The first kappa shape index (κ1) is 10.4. The first-order chi connectivity index (χ1) is 8.35. The van der Waals surface area contributed by atoms with Crippen LogP contribution in [-0.2, 0) is 5.88 Å². The molecule has 4 saturated carbocycles. The Morgan fingerprint density at radius 3 is 2.35 bits per heavy atom. The lowest BCUT2D eigenvalue weighted by Crippen LogP contribution is -2.43. The SMILES string of the molecule is ClCc1ncoc1C1C2CC3CC(C2)CC1C3.